The number of rotatable bonds is 4. The van der Waals surface area contributed by atoms with Crippen molar-refractivity contribution in [1.29, 1.82) is 0 Å². The molecule has 0 unspecified atom stereocenters. The topological polar surface area (TPSA) is 53.4 Å². The molecule has 1 aromatic heterocycles. The van der Waals surface area contributed by atoms with Crippen LogP contribution in [-0.4, -0.2) is 70.1 Å². The monoisotopic (exact) mass is 413 g/mol. The van der Waals surface area contributed by atoms with E-state index in [2.05, 4.69) is 33.5 Å². The first kappa shape index (κ1) is 20.5. The zero-order valence-corrected chi connectivity index (χ0v) is 18.9. The maximum absolute atomic E-state index is 13.5. The number of piperidine rings is 3. The van der Waals surface area contributed by atoms with Gasteiger partial charge in [0.2, 0.25) is 0 Å². The molecular weight excluding hydrogens is 374 g/mol. The summed E-state index contributed by atoms with van der Waals surface area (Å²) in [6.45, 7) is 10.6. The van der Waals surface area contributed by atoms with Gasteiger partial charge in [-0.3, -0.25) is 9.69 Å². The van der Waals surface area contributed by atoms with E-state index in [1.54, 1.807) is 0 Å². The van der Waals surface area contributed by atoms with E-state index in [0.29, 0.717) is 29.6 Å². The molecule has 0 aliphatic carbocycles. The zero-order chi connectivity index (χ0) is 20.7. The van der Waals surface area contributed by atoms with Crippen LogP contribution in [0.5, 0.6) is 0 Å². The van der Waals surface area contributed by atoms with Gasteiger partial charge in [-0.25, -0.2) is 4.98 Å². The van der Waals surface area contributed by atoms with Gasteiger partial charge in [0, 0.05) is 57.4 Å². The van der Waals surface area contributed by atoms with Gasteiger partial charge in [-0.15, -0.1) is 0 Å². The van der Waals surface area contributed by atoms with Gasteiger partial charge in [0.1, 0.15) is 11.5 Å². The van der Waals surface area contributed by atoms with Crippen molar-refractivity contribution < 1.29 is 4.79 Å². The summed E-state index contributed by atoms with van der Waals surface area (Å²) in [4.78, 5) is 23.3. The van der Waals surface area contributed by atoms with Crippen molar-refractivity contribution in [3.8, 4) is 0 Å². The average molecular weight is 414 g/mol. The molecule has 4 aliphatic heterocycles. The lowest BCUT2D eigenvalue weighted by atomic mass is 9.71. The molecule has 0 spiro atoms. The number of likely N-dealkylation sites (tertiary alicyclic amines) is 1. The summed E-state index contributed by atoms with van der Waals surface area (Å²) < 4.78 is 2.19. The lowest BCUT2D eigenvalue weighted by Crippen LogP contribution is -2.64. The summed E-state index contributed by atoms with van der Waals surface area (Å²) in [5.74, 6) is 3.26. The number of carbonyl (C=O) groups excluding carboxylic acids is 1. The predicted molar refractivity (Wildman–Crippen MR) is 119 cm³/mol. The van der Waals surface area contributed by atoms with Gasteiger partial charge >= 0.3 is 0 Å². The highest BCUT2D eigenvalue weighted by molar-refractivity contribution is 5.92. The normalized spacial score (nSPS) is 31.9. The van der Waals surface area contributed by atoms with Gasteiger partial charge in [0.05, 0.1) is 0 Å². The SMILES string of the molecule is CC(C)CC[C@H]1[C@H]2C[C@H](CN(C(=O)c3cn4c(n3)CCNCC4)C2)[C@@H]2CCCCN21. The van der Waals surface area contributed by atoms with Gasteiger partial charge in [-0.2, -0.15) is 0 Å². The van der Waals surface area contributed by atoms with Crippen LogP contribution in [0.25, 0.3) is 0 Å². The van der Waals surface area contributed by atoms with Crippen molar-refractivity contribution >= 4 is 5.91 Å². The number of fused-ring (bicyclic) bond motifs is 5. The molecule has 1 aromatic rings. The standard InChI is InChI=1S/C24H39N5O/c1-17(2)6-7-22-19-13-18(21-5-3-4-11-29(21)22)14-28(15-19)24(30)20-16-27-12-10-25-9-8-23(27)26-20/h16-19,21-22,25H,3-15H2,1-2H3/t18-,19+,21+,22+/m1/s1. The molecule has 5 heterocycles. The molecule has 5 rings (SSSR count). The van der Waals surface area contributed by atoms with Crippen LogP contribution in [-0.2, 0) is 13.0 Å². The van der Waals surface area contributed by atoms with Crippen molar-refractivity contribution in [3.05, 3.63) is 17.7 Å². The van der Waals surface area contributed by atoms with E-state index in [0.717, 1.165) is 50.9 Å². The number of aromatic nitrogens is 2. The van der Waals surface area contributed by atoms with E-state index >= 15 is 0 Å². The van der Waals surface area contributed by atoms with E-state index in [-0.39, 0.29) is 5.91 Å². The third kappa shape index (κ3) is 3.93. The minimum absolute atomic E-state index is 0.171. The van der Waals surface area contributed by atoms with Crippen LogP contribution in [0, 0.1) is 17.8 Å². The summed E-state index contributed by atoms with van der Waals surface area (Å²) in [6, 6.07) is 1.35. The summed E-state index contributed by atoms with van der Waals surface area (Å²) >= 11 is 0. The second kappa shape index (κ2) is 8.62. The van der Waals surface area contributed by atoms with Crippen LogP contribution in [0.1, 0.15) is 68.7 Å². The Kier molecular flexibility index (Phi) is 5.89. The predicted octanol–water partition coefficient (Wildman–Crippen LogP) is 2.78. The fourth-order valence-corrected chi connectivity index (χ4v) is 6.61. The number of nitrogens with one attached hydrogen (secondary N) is 1. The average Bonchev–Trinajstić information content (AvgIpc) is 3.03. The molecule has 0 radical (unpaired) electrons. The Hall–Kier alpha value is -1.40. The summed E-state index contributed by atoms with van der Waals surface area (Å²) in [7, 11) is 0. The smallest absolute Gasteiger partial charge is 0.274 e. The van der Waals surface area contributed by atoms with Crippen LogP contribution in [0.15, 0.2) is 6.20 Å². The van der Waals surface area contributed by atoms with Crippen molar-refractivity contribution in [2.24, 2.45) is 17.8 Å². The molecule has 0 aromatic carbocycles. The molecule has 30 heavy (non-hydrogen) atoms. The summed E-state index contributed by atoms with van der Waals surface area (Å²) in [5, 5.41) is 3.41. The van der Waals surface area contributed by atoms with Gasteiger partial charge in [-0.1, -0.05) is 20.3 Å². The van der Waals surface area contributed by atoms with Crippen LogP contribution in [0.3, 0.4) is 0 Å². The van der Waals surface area contributed by atoms with E-state index < -0.39 is 0 Å². The van der Waals surface area contributed by atoms with Crippen molar-refractivity contribution in [1.82, 2.24) is 24.7 Å². The molecule has 166 valence electrons. The molecule has 0 saturated carbocycles. The number of amides is 1. The first-order chi connectivity index (χ1) is 14.6. The lowest BCUT2D eigenvalue weighted by molar-refractivity contribution is -0.0682. The lowest BCUT2D eigenvalue weighted by Gasteiger charge is -2.57. The minimum atomic E-state index is 0.171. The van der Waals surface area contributed by atoms with Crippen LogP contribution in [0.4, 0.5) is 0 Å². The fourth-order valence-electron chi connectivity index (χ4n) is 6.61. The number of hydrogen-bond acceptors (Lipinski definition) is 4. The number of hydrogen-bond donors (Lipinski definition) is 1. The second-order valence-electron chi connectivity index (χ2n) is 10.5. The molecule has 4 aliphatic rings. The Morgan fingerprint density at radius 2 is 2.07 bits per heavy atom. The molecule has 1 amide bonds. The van der Waals surface area contributed by atoms with Crippen LogP contribution in [0.2, 0.25) is 0 Å². The fraction of sp³-hybridized carbons (Fsp3) is 0.833. The molecule has 6 nitrogen and oxygen atoms in total. The van der Waals surface area contributed by atoms with Gasteiger partial charge in [-0.05, 0) is 56.4 Å². The van der Waals surface area contributed by atoms with Gasteiger partial charge in [0.15, 0.2) is 0 Å². The minimum Gasteiger partial charge on any atom is -0.337 e. The van der Waals surface area contributed by atoms with Crippen LogP contribution < -0.4 is 5.32 Å². The van der Waals surface area contributed by atoms with Crippen molar-refractivity contribution in [2.45, 2.75) is 77.4 Å². The number of nitrogens with zero attached hydrogens (tertiary/aromatic N) is 4. The first-order valence-corrected chi connectivity index (χ1v) is 12.4. The maximum atomic E-state index is 13.5. The third-order valence-electron chi connectivity index (χ3n) is 8.08. The van der Waals surface area contributed by atoms with Crippen molar-refractivity contribution in [3.63, 3.8) is 0 Å². The van der Waals surface area contributed by atoms with E-state index in [9.17, 15) is 4.79 Å². The first-order valence-electron chi connectivity index (χ1n) is 12.4. The van der Waals surface area contributed by atoms with Crippen molar-refractivity contribution in [2.75, 3.05) is 32.7 Å². The third-order valence-corrected chi connectivity index (χ3v) is 8.08. The highest BCUT2D eigenvalue weighted by Crippen LogP contribution is 2.43. The number of carbonyl (C=O) groups is 1. The highest BCUT2D eigenvalue weighted by Gasteiger charge is 2.47. The molecule has 3 fully saturated rings. The molecule has 6 heteroatoms. The molecular formula is C24H39N5O. The maximum Gasteiger partial charge on any atom is 0.274 e. The van der Waals surface area contributed by atoms with E-state index in [1.807, 2.05) is 6.20 Å². The van der Waals surface area contributed by atoms with Crippen LogP contribution >= 0.6 is 0 Å². The highest BCUT2D eigenvalue weighted by atomic mass is 16.2. The Bertz CT molecular complexity index is 735. The molecule has 3 saturated heterocycles. The molecule has 1 N–H and O–H groups in total. The summed E-state index contributed by atoms with van der Waals surface area (Å²) in [6.07, 6.45) is 10.9. The molecule has 4 atom stereocenters. The Morgan fingerprint density at radius 1 is 1.20 bits per heavy atom. The summed E-state index contributed by atoms with van der Waals surface area (Å²) in [5.41, 5.74) is 0.672. The molecule has 2 bridgehead atoms. The van der Waals surface area contributed by atoms with Gasteiger partial charge < -0.3 is 14.8 Å². The van der Waals surface area contributed by atoms with E-state index in [1.165, 1.54) is 45.1 Å². The zero-order valence-electron chi connectivity index (χ0n) is 18.9. The largest absolute Gasteiger partial charge is 0.337 e. The Morgan fingerprint density at radius 3 is 2.93 bits per heavy atom. The number of imidazole rings is 1. The van der Waals surface area contributed by atoms with E-state index in [4.69, 9.17) is 4.98 Å². The second-order valence-corrected chi connectivity index (χ2v) is 10.5. The quantitative estimate of drug-likeness (QED) is 0.825. The Labute approximate surface area is 181 Å². The van der Waals surface area contributed by atoms with Gasteiger partial charge in [0.25, 0.3) is 5.91 Å². The Balaban J connectivity index is 1.35.